The van der Waals surface area contributed by atoms with Gasteiger partial charge in [-0.2, -0.15) is 0 Å². The molecule has 0 bridgehead atoms. The van der Waals surface area contributed by atoms with Gasteiger partial charge in [-0.05, 0) is 30.3 Å². The number of hydrogen-bond donors (Lipinski definition) is 1. The average Bonchev–Trinajstić information content (AvgIpc) is 2.75. The molecule has 2 amide bonds. The lowest BCUT2D eigenvalue weighted by Gasteiger charge is -2.37. The summed E-state index contributed by atoms with van der Waals surface area (Å²) >= 11 is 0. The Labute approximate surface area is 162 Å². The van der Waals surface area contributed by atoms with Gasteiger partial charge in [-0.3, -0.25) is 15.0 Å². The Morgan fingerprint density at radius 3 is 2.32 bits per heavy atom. The van der Waals surface area contributed by atoms with Crippen molar-refractivity contribution >= 4 is 23.2 Å². The largest absolute Gasteiger partial charge is 0.366 e. The summed E-state index contributed by atoms with van der Waals surface area (Å²) in [5.74, 6) is -0.523. The maximum Gasteiger partial charge on any atom is 0.271 e. The topological polar surface area (TPSA) is 55.9 Å². The van der Waals surface area contributed by atoms with E-state index < -0.39 is 0 Å². The fraction of sp³-hybridized carbons (Fsp3) is 0.238. The average molecular weight is 380 g/mol. The molecule has 0 saturated carbocycles. The van der Waals surface area contributed by atoms with Crippen LogP contribution in [0.4, 0.5) is 15.8 Å². The molecule has 1 fully saturated rings. The van der Waals surface area contributed by atoms with Crippen molar-refractivity contribution in [3.05, 3.63) is 72.2 Å². The number of amides is 2. The fourth-order valence-corrected chi connectivity index (χ4v) is 3.46. The van der Waals surface area contributed by atoms with Crippen molar-refractivity contribution in [1.82, 2.24) is 10.3 Å². The molecule has 1 N–H and O–H groups in total. The van der Waals surface area contributed by atoms with Crippen molar-refractivity contribution in [3.63, 3.8) is 0 Å². The first kappa shape index (κ1) is 18.0. The van der Waals surface area contributed by atoms with Crippen LogP contribution in [0, 0.1) is 5.82 Å². The predicted molar refractivity (Wildman–Crippen MR) is 105 cm³/mol. The third-order valence-corrected chi connectivity index (χ3v) is 4.97. The number of anilines is 2. The highest BCUT2D eigenvalue weighted by atomic mass is 19.1. The first-order valence-corrected chi connectivity index (χ1v) is 9.27. The summed E-state index contributed by atoms with van der Waals surface area (Å²) in [6.07, 6.45) is 1.80. The zero-order valence-corrected chi connectivity index (χ0v) is 15.3. The van der Waals surface area contributed by atoms with Crippen LogP contribution in [-0.4, -0.2) is 42.9 Å². The van der Waals surface area contributed by atoms with E-state index in [-0.39, 0.29) is 24.1 Å². The first-order valence-electron chi connectivity index (χ1n) is 9.27. The van der Waals surface area contributed by atoms with Crippen molar-refractivity contribution in [3.8, 4) is 0 Å². The molecule has 2 aromatic rings. The van der Waals surface area contributed by atoms with E-state index in [2.05, 4.69) is 5.43 Å². The number of carbonyl (C=O) groups is 2. The maximum absolute atomic E-state index is 14.0. The lowest BCUT2D eigenvalue weighted by molar-refractivity contribution is -0.128. The van der Waals surface area contributed by atoms with Crippen molar-refractivity contribution < 1.29 is 14.0 Å². The number of para-hydroxylation sites is 2. The van der Waals surface area contributed by atoms with E-state index in [1.54, 1.807) is 23.1 Å². The van der Waals surface area contributed by atoms with Gasteiger partial charge in [0, 0.05) is 32.6 Å². The number of halogens is 1. The SMILES string of the molecule is O=C(C1=CCC(=O)N(c2ccccc2)N1)N1CCN(c2ccccc2F)CC1. The highest BCUT2D eigenvalue weighted by Crippen LogP contribution is 2.22. The van der Waals surface area contributed by atoms with Crippen molar-refractivity contribution in [2.75, 3.05) is 36.1 Å². The van der Waals surface area contributed by atoms with Crippen LogP contribution in [-0.2, 0) is 9.59 Å². The zero-order chi connectivity index (χ0) is 19.5. The van der Waals surface area contributed by atoms with Crippen LogP contribution in [0.2, 0.25) is 0 Å². The molecule has 2 aliphatic rings. The molecule has 2 aliphatic heterocycles. The number of piperazine rings is 1. The van der Waals surface area contributed by atoms with E-state index in [0.29, 0.717) is 43.3 Å². The Bertz CT molecular complexity index is 908. The van der Waals surface area contributed by atoms with Gasteiger partial charge in [0.15, 0.2) is 0 Å². The van der Waals surface area contributed by atoms with Crippen LogP contribution >= 0.6 is 0 Å². The summed E-state index contributed by atoms with van der Waals surface area (Å²) in [4.78, 5) is 28.8. The molecular weight excluding hydrogens is 359 g/mol. The molecular formula is C21H21FN4O2. The summed E-state index contributed by atoms with van der Waals surface area (Å²) in [5, 5.41) is 1.41. The summed E-state index contributed by atoms with van der Waals surface area (Å²) in [6, 6.07) is 15.8. The predicted octanol–water partition coefficient (Wildman–Crippen LogP) is 2.30. The van der Waals surface area contributed by atoms with Gasteiger partial charge in [0.2, 0.25) is 5.91 Å². The zero-order valence-electron chi connectivity index (χ0n) is 15.3. The number of nitrogens with one attached hydrogen (secondary N) is 1. The van der Waals surface area contributed by atoms with E-state index in [1.807, 2.05) is 41.3 Å². The van der Waals surface area contributed by atoms with Gasteiger partial charge >= 0.3 is 0 Å². The minimum atomic E-state index is -0.254. The third kappa shape index (κ3) is 3.55. The van der Waals surface area contributed by atoms with E-state index in [0.717, 1.165) is 0 Å². The standard InChI is InChI=1S/C21H21FN4O2/c22-17-8-4-5-9-19(17)24-12-14-25(15-13-24)21(28)18-10-11-20(27)26(23-18)16-6-2-1-3-7-16/h1-10,23H,11-15H2. The van der Waals surface area contributed by atoms with Gasteiger partial charge in [0.25, 0.3) is 5.91 Å². The molecule has 0 aliphatic carbocycles. The maximum atomic E-state index is 14.0. The van der Waals surface area contributed by atoms with Crippen LogP contribution in [0.3, 0.4) is 0 Å². The van der Waals surface area contributed by atoms with Gasteiger partial charge in [-0.25, -0.2) is 9.40 Å². The van der Waals surface area contributed by atoms with Gasteiger partial charge < -0.3 is 9.80 Å². The summed E-state index contributed by atoms with van der Waals surface area (Å²) < 4.78 is 14.0. The van der Waals surface area contributed by atoms with Gasteiger partial charge in [-0.1, -0.05) is 30.3 Å². The molecule has 0 aromatic heterocycles. The minimum absolute atomic E-state index is 0.118. The Balaban J connectivity index is 1.41. The molecule has 2 heterocycles. The second-order valence-electron chi connectivity index (χ2n) is 6.73. The number of rotatable bonds is 3. The molecule has 28 heavy (non-hydrogen) atoms. The van der Waals surface area contributed by atoms with Crippen LogP contribution in [0.25, 0.3) is 0 Å². The molecule has 6 nitrogen and oxygen atoms in total. The molecule has 2 aromatic carbocycles. The Morgan fingerprint density at radius 1 is 0.929 bits per heavy atom. The smallest absolute Gasteiger partial charge is 0.271 e. The summed E-state index contributed by atoms with van der Waals surface area (Å²) in [7, 11) is 0. The van der Waals surface area contributed by atoms with Crippen LogP contribution in [0.15, 0.2) is 66.4 Å². The van der Waals surface area contributed by atoms with Crippen molar-refractivity contribution in [2.45, 2.75) is 6.42 Å². The molecule has 0 unspecified atom stereocenters. The fourth-order valence-electron chi connectivity index (χ4n) is 3.46. The molecule has 144 valence electrons. The Hall–Kier alpha value is -3.35. The van der Waals surface area contributed by atoms with Gasteiger partial charge in [-0.15, -0.1) is 0 Å². The minimum Gasteiger partial charge on any atom is -0.366 e. The second-order valence-corrected chi connectivity index (χ2v) is 6.73. The number of carbonyl (C=O) groups excluding carboxylic acids is 2. The van der Waals surface area contributed by atoms with Crippen LogP contribution in [0.1, 0.15) is 6.42 Å². The van der Waals surface area contributed by atoms with E-state index in [1.165, 1.54) is 11.1 Å². The van der Waals surface area contributed by atoms with Crippen molar-refractivity contribution in [1.29, 1.82) is 0 Å². The lowest BCUT2D eigenvalue weighted by Crippen LogP contribution is -2.53. The third-order valence-electron chi connectivity index (χ3n) is 4.97. The van der Waals surface area contributed by atoms with Crippen molar-refractivity contribution in [2.24, 2.45) is 0 Å². The monoisotopic (exact) mass is 380 g/mol. The van der Waals surface area contributed by atoms with Crippen LogP contribution in [0.5, 0.6) is 0 Å². The highest BCUT2D eigenvalue weighted by Gasteiger charge is 2.29. The Kier molecular flexibility index (Phi) is 4.97. The quantitative estimate of drug-likeness (QED) is 0.888. The molecule has 0 atom stereocenters. The molecule has 7 heteroatoms. The molecule has 1 saturated heterocycles. The molecule has 4 rings (SSSR count). The number of hydrazine groups is 1. The van der Waals surface area contributed by atoms with E-state index >= 15 is 0 Å². The molecule has 0 radical (unpaired) electrons. The van der Waals surface area contributed by atoms with Gasteiger partial charge in [0.05, 0.1) is 11.4 Å². The van der Waals surface area contributed by atoms with E-state index in [9.17, 15) is 14.0 Å². The summed E-state index contributed by atoms with van der Waals surface area (Å²) in [5.41, 5.74) is 4.59. The summed E-state index contributed by atoms with van der Waals surface area (Å²) in [6.45, 7) is 2.10. The second kappa shape index (κ2) is 7.72. The normalized spacial score (nSPS) is 17.2. The van der Waals surface area contributed by atoms with Crippen LogP contribution < -0.4 is 15.3 Å². The number of nitrogens with zero attached hydrogens (tertiary/aromatic N) is 3. The number of hydrogen-bond acceptors (Lipinski definition) is 4. The van der Waals surface area contributed by atoms with E-state index in [4.69, 9.17) is 0 Å². The Morgan fingerprint density at radius 2 is 1.61 bits per heavy atom. The molecule has 0 spiro atoms. The first-order chi connectivity index (χ1) is 13.6. The lowest BCUT2D eigenvalue weighted by atomic mass is 10.2. The number of benzene rings is 2. The highest BCUT2D eigenvalue weighted by molar-refractivity contribution is 6.01. The van der Waals surface area contributed by atoms with Gasteiger partial charge in [0.1, 0.15) is 11.5 Å².